The van der Waals surface area contributed by atoms with Crippen molar-refractivity contribution in [1.29, 1.82) is 0 Å². The van der Waals surface area contributed by atoms with Gasteiger partial charge in [0.25, 0.3) is 5.56 Å². The molecule has 7 N–H and O–H groups in total. The van der Waals surface area contributed by atoms with Gasteiger partial charge in [0.2, 0.25) is 5.95 Å². The van der Waals surface area contributed by atoms with E-state index in [4.69, 9.17) is 29.7 Å². The Morgan fingerprint density at radius 3 is 2.46 bits per heavy atom. The molecule has 2 fully saturated rings. The molecule has 2 aromatic rings. The minimum Gasteiger partial charge on any atom is -0.369 e. The van der Waals surface area contributed by atoms with Gasteiger partial charge in [0.15, 0.2) is 23.2 Å². The molecule has 0 amide bonds. The highest BCUT2D eigenvalue weighted by molar-refractivity contribution is 7.66. The number of nitrogens with one attached hydrogen (secondary N) is 1. The highest BCUT2D eigenvalue weighted by Crippen LogP contribution is 2.66. The number of aromatic amines is 1. The number of fused-ring (bicyclic) bond motifs is 2. The molecular formula is C13H20N5O14P3. The third-order valence-corrected chi connectivity index (χ3v) is 8.47. The van der Waals surface area contributed by atoms with Crippen LogP contribution in [0.2, 0.25) is 0 Å². The molecule has 0 spiro atoms. The molecule has 2 aliphatic heterocycles. The molecule has 196 valence electrons. The Labute approximate surface area is 194 Å². The first-order valence-electron chi connectivity index (χ1n) is 9.47. The molecule has 0 radical (unpaired) electrons. The van der Waals surface area contributed by atoms with Gasteiger partial charge in [-0.05, 0) is 13.8 Å². The number of nitrogen functional groups attached to an aromatic ring is 1. The number of aromatic nitrogens is 4. The zero-order chi connectivity index (χ0) is 26.0. The van der Waals surface area contributed by atoms with Crippen molar-refractivity contribution in [2.24, 2.45) is 0 Å². The molecule has 2 unspecified atom stereocenters. The van der Waals surface area contributed by atoms with Crippen LogP contribution in [0.15, 0.2) is 11.1 Å². The number of nitrogens with zero attached hydrogens (tertiary/aromatic N) is 3. The number of hydrogen-bond donors (Lipinski definition) is 6. The average Bonchev–Trinajstić information content (AvgIpc) is 3.28. The molecular weight excluding hydrogens is 543 g/mol. The first-order valence-corrected chi connectivity index (χ1v) is 14.0. The Morgan fingerprint density at radius 1 is 1.14 bits per heavy atom. The fraction of sp³-hybridized carbons (Fsp3) is 0.615. The van der Waals surface area contributed by atoms with Crippen molar-refractivity contribution < 1.29 is 60.6 Å². The molecule has 2 saturated heterocycles. The van der Waals surface area contributed by atoms with Crippen LogP contribution in [0.1, 0.15) is 20.1 Å². The second-order valence-corrected chi connectivity index (χ2v) is 12.2. The van der Waals surface area contributed by atoms with Crippen LogP contribution in [0.3, 0.4) is 0 Å². The minimum atomic E-state index is -5.69. The molecule has 19 nitrogen and oxygen atoms in total. The summed E-state index contributed by atoms with van der Waals surface area (Å²) in [6.07, 6.45) is -2.71. The van der Waals surface area contributed by atoms with Crippen molar-refractivity contribution >= 4 is 40.6 Å². The van der Waals surface area contributed by atoms with Crippen LogP contribution in [0.5, 0.6) is 0 Å². The van der Waals surface area contributed by atoms with Crippen molar-refractivity contribution in [2.75, 3.05) is 12.3 Å². The van der Waals surface area contributed by atoms with Crippen molar-refractivity contribution in [1.82, 2.24) is 19.5 Å². The topological polar surface area (TPSA) is 277 Å². The molecule has 2 aliphatic rings. The van der Waals surface area contributed by atoms with Crippen LogP contribution in [0.4, 0.5) is 5.95 Å². The number of phosphoric acid groups is 3. The molecule has 4 heterocycles. The standard InChI is InChI=1S/C13H20N5O14P3/c1-13(2)29-7-5(3-27-34(23,24)32-35(25,26)31-33(20,21)22)28-11(8(7)30-13)18-4-15-6-9(18)16-12(14)17-10(6)19/h4-5,7-8,11H,3H2,1-2H3,(H,23,24)(H,25,26)(H2,20,21,22)(H3,14,16,17,19)/t5-,7+,8+,11-/m1/s1. The fourth-order valence-electron chi connectivity index (χ4n) is 3.62. The van der Waals surface area contributed by atoms with Gasteiger partial charge >= 0.3 is 23.5 Å². The van der Waals surface area contributed by atoms with Crippen molar-refractivity contribution in [3.05, 3.63) is 16.7 Å². The van der Waals surface area contributed by atoms with E-state index in [1.54, 1.807) is 13.8 Å². The Hall–Kier alpha value is -1.56. The number of ether oxygens (including phenoxy) is 3. The lowest BCUT2D eigenvalue weighted by molar-refractivity contribution is -0.199. The van der Waals surface area contributed by atoms with Crippen LogP contribution < -0.4 is 11.3 Å². The second kappa shape index (κ2) is 8.78. The molecule has 0 saturated carbocycles. The number of nitrogens with two attached hydrogens (primary N) is 1. The van der Waals surface area contributed by atoms with Gasteiger partial charge in [-0.2, -0.15) is 13.6 Å². The Bertz CT molecular complexity index is 1340. The molecule has 35 heavy (non-hydrogen) atoms. The Kier molecular flexibility index (Phi) is 6.65. The summed E-state index contributed by atoms with van der Waals surface area (Å²) in [4.78, 5) is 58.7. The smallest absolute Gasteiger partial charge is 0.369 e. The van der Waals surface area contributed by atoms with E-state index in [2.05, 4.69) is 28.1 Å². The van der Waals surface area contributed by atoms with E-state index in [0.717, 1.165) is 0 Å². The Balaban J connectivity index is 1.55. The first-order chi connectivity index (χ1) is 16.0. The predicted molar refractivity (Wildman–Crippen MR) is 110 cm³/mol. The first kappa shape index (κ1) is 26.5. The molecule has 4 rings (SSSR count). The van der Waals surface area contributed by atoms with Crippen molar-refractivity contribution in [3.63, 3.8) is 0 Å². The van der Waals surface area contributed by atoms with E-state index in [1.165, 1.54) is 10.9 Å². The SMILES string of the molecule is CC1(C)O[C@@H]2[C@H](O1)[C@H](n1cnc3c(=O)[nH]c(N)nc31)O[C@@H]2COP(=O)(O)OP(=O)(O)OP(=O)(O)O. The van der Waals surface area contributed by atoms with Crippen LogP contribution >= 0.6 is 23.5 Å². The second-order valence-electron chi connectivity index (χ2n) is 7.79. The molecule has 22 heteroatoms. The lowest BCUT2D eigenvalue weighted by Gasteiger charge is -2.25. The van der Waals surface area contributed by atoms with Gasteiger partial charge in [0, 0.05) is 0 Å². The highest BCUT2D eigenvalue weighted by Gasteiger charge is 2.57. The maximum absolute atomic E-state index is 12.1. The minimum absolute atomic E-state index is 0.0470. The number of rotatable bonds is 8. The van der Waals surface area contributed by atoms with Crippen molar-refractivity contribution in [2.45, 2.75) is 44.2 Å². The third-order valence-electron chi connectivity index (χ3n) is 4.67. The van der Waals surface area contributed by atoms with E-state index >= 15 is 0 Å². The average molecular weight is 563 g/mol. The maximum Gasteiger partial charge on any atom is 0.490 e. The number of phosphoric ester groups is 1. The summed E-state index contributed by atoms with van der Waals surface area (Å²) in [5, 5.41) is 0. The van der Waals surface area contributed by atoms with Gasteiger partial charge in [-0.15, -0.1) is 0 Å². The third kappa shape index (κ3) is 5.89. The molecule has 6 atom stereocenters. The summed E-state index contributed by atoms with van der Waals surface area (Å²) in [5.74, 6) is -1.32. The lowest BCUT2D eigenvalue weighted by Crippen LogP contribution is -2.32. The van der Waals surface area contributed by atoms with Gasteiger partial charge in [-0.3, -0.25) is 18.9 Å². The zero-order valence-corrected chi connectivity index (χ0v) is 20.4. The number of hydrogen-bond acceptors (Lipinski definition) is 13. The number of imidazole rings is 1. The van der Waals surface area contributed by atoms with E-state index in [9.17, 15) is 28.3 Å². The van der Waals surface area contributed by atoms with Gasteiger partial charge < -0.3 is 39.5 Å². The number of H-pyrrole nitrogens is 1. The summed E-state index contributed by atoms with van der Waals surface area (Å²) < 4.78 is 65.2. The van der Waals surface area contributed by atoms with E-state index in [1.807, 2.05) is 0 Å². The quantitative estimate of drug-likeness (QED) is 0.220. The summed E-state index contributed by atoms with van der Waals surface area (Å²) in [6.45, 7) is 2.41. The van der Waals surface area contributed by atoms with E-state index < -0.39 is 66.0 Å². The fourth-order valence-corrected chi connectivity index (χ4v) is 6.65. The highest BCUT2D eigenvalue weighted by atomic mass is 31.3. The summed E-state index contributed by atoms with van der Waals surface area (Å²) in [7, 11) is -16.6. The summed E-state index contributed by atoms with van der Waals surface area (Å²) in [5.41, 5.74) is 5.02. The predicted octanol–water partition coefficient (Wildman–Crippen LogP) is -0.537. The van der Waals surface area contributed by atoms with Crippen LogP contribution in [-0.2, 0) is 41.1 Å². The largest absolute Gasteiger partial charge is 0.490 e. The van der Waals surface area contributed by atoms with Crippen LogP contribution in [0.25, 0.3) is 11.2 Å². The lowest BCUT2D eigenvalue weighted by atomic mass is 10.1. The maximum atomic E-state index is 12.1. The Morgan fingerprint density at radius 2 is 1.80 bits per heavy atom. The molecule has 2 aromatic heterocycles. The van der Waals surface area contributed by atoms with E-state index in [-0.39, 0.29) is 17.1 Å². The molecule has 0 bridgehead atoms. The monoisotopic (exact) mass is 563 g/mol. The zero-order valence-electron chi connectivity index (χ0n) is 17.7. The van der Waals surface area contributed by atoms with Crippen molar-refractivity contribution in [3.8, 4) is 0 Å². The number of anilines is 1. The molecule has 0 aromatic carbocycles. The van der Waals surface area contributed by atoms with Gasteiger partial charge in [0.05, 0.1) is 12.9 Å². The summed E-state index contributed by atoms with van der Waals surface area (Å²) >= 11 is 0. The summed E-state index contributed by atoms with van der Waals surface area (Å²) in [6, 6.07) is 0. The van der Waals surface area contributed by atoms with Gasteiger partial charge in [-0.1, -0.05) is 0 Å². The normalized spacial score (nSPS) is 29.7. The van der Waals surface area contributed by atoms with Gasteiger partial charge in [-0.25, -0.2) is 18.7 Å². The van der Waals surface area contributed by atoms with Gasteiger partial charge in [0.1, 0.15) is 18.3 Å². The van der Waals surface area contributed by atoms with Crippen LogP contribution in [-0.4, -0.2) is 69.8 Å². The molecule has 0 aliphatic carbocycles. The van der Waals surface area contributed by atoms with E-state index in [0.29, 0.717) is 0 Å². The van der Waals surface area contributed by atoms with Crippen LogP contribution in [0, 0.1) is 0 Å².